The Morgan fingerprint density at radius 1 is 0.833 bits per heavy atom. The van der Waals surface area contributed by atoms with Gasteiger partial charge in [0.15, 0.2) is 0 Å². The van der Waals surface area contributed by atoms with Crippen LogP contribution >= 0.6 is 0 Å². The minimum atomic E-state index is -4.35. The molecule has 1 fully saturated rings. The third-order valence-electron chi connectivity index (χ3n) is 4.26. The zero-order valence-electron chi connectivity index (χ0n) is 13.0. The molecule has 0 amide bonds. The highest BCUT2D eigenvalue weighted by Gasteiger charge is 2.31. The molecular weight excluding hydrogens is 320 g/mol. The SMILES string of the molecule is Fc1ccc(C(c2ccc(C(F)(F)F)cc2)N2CCNCC2)cc1. The number of hydrogen-bond acceptors (Lipinski definition) is 2. The molecule has 0 bridgehead atoms. The predicted molar refractivity (Wildman–Crippen MR) is 84.1 cm³/mol. The quantitative estimate of drug-likeness (QED) is 0.856. The highest BCUT2D eigenvalue weighted by atomic mass is 19.4. The molecule has 1 aliphatic heterocycles. The summed E-state index contributed by atoms with van der Waals surface area (Å²) in [5, 5.41) is 3.26. The molecule has 3 rings (SSSR count). The summed E-state index contributed by atoms with van der Waals surface area (Å²) in [7, 11) is 0. The van der Waals surface area contributed by atoms with Gasteiger partial charge in [0.2, 0.25) is 0 Å². The van der Waals surface area contributed by atoms with Crippen molar-refractivity contribution in [1.29, 1.82) is 0 Å². The average Bonchev–Trinajstić information content (AvgIpc) is 2.58. The van der Waals surface area contributed by atoms with Crippen molar-refractivity contribution in [2.75, 3.05) is 26.2 Å². The lowest BCUT2D eigenvalue weighted by Gasteiger charge is -2.35. The van der Waals surface area contributed by atoms with E-state index in [4.69, 9.17) is 0 Å². The number of halogens is 4. The molecule has 1 unspecified atom stereocenters. The van der Waals surface area contributed by atoms with Gasteiger partial charge in [-0.1, -0.05) is 24.3 Å². The van der Waals surface area contributed by atoms with E-state index in [0.29, 0.717) is 0 Å². The van der Waals surface area contributed by atoms with Crippen LogP contribution in [0.3, 0.4) is 0 Å². The lowest BCUT2D eigenvalue weighted by Crippen LogP contribution is -2.45. The van der Waals surface area contributed by atoms with E-state index in [-0.39, 0.29) is 11.9 Å². The van der Waals surface area contributed by atoms with Gasteiger partial charge in [0.25, 0.3) is 0 Å². The summed E-state index contributed by atoms with van der Waals surface area (Å²) < 4.78 is 51.6. The van der Waals surface area contributed by atoms with Gasteiger partial charge in [-0.2, -0.15) is 13.2 Å². The summed E-state index contributed by atoms with van der Waals surface area (Å²) in [4.78, 5) is 2.20. The molecule has 0 saturated carbocycles. The summed E-state index contributed by atoms with van der Waals surface area (Å²) in [6.45, 7) is 3.20. The number of benzene rings is 2. The molecule has 1 heterocycles. The Kier molecular flexibility index (Phi) is 4.87. The van der Waals surface area contributed by atoms with Gasteiger partial charge in [0.05, 0.1) is 11.6 Å². The van der Waals surface area contributed by atoms with E-state index < -0.39 is 11.7 Å². The first kappa shape index (κ1) is 16.9. The maximum Gasteiger partial charge on any atom is 0.416 e. The summed E-state index contributed by atoms with van der Waals surface area (Å²) in [6.07, 6.45) is -4.35. The zero-order chi connectivity index (χ0) is 17.2. The zero-order valence-corrected chi connectivity index (χ0v) is 13.0. The molecule has 0 aliphatic carbocycles. The van der Waals surface area contributed by atoms with Crippen molar-refractivity contribution in [2.24, 2.45) is 0 Å². The molecule has 1 N–H and O–H groups in total. The van der Waals surface area contributed by atoms with E-state index in [9.17, 15) is 17.6 Å². The smallest absolute Gasteiger partial charge is 0.314 e. The molecule has 1 atom stereocenters. The number of hydrogen-bond donors (Lipinski definition) is 1. The maximum absolute atomic E-state index is 13.2. The van der Waals surface area contributed by atoms with Crippen LogP contribution in [0.15, 0.2) is 48.5 Å². The van der Waals surface area contributed by atoms with Gasteiger partial charge in [-0.25, -0.2) is 4.39 Å². The Morgan fingerprint density at radius 2 is 1.33 bits per heavy atom. The molecule has 1 aliphatic rings. The van der Waals surface area contributed by atoms with Gasteiger partial charge < -0.3 is 5.32 Å². The maximum atomic E-state index is 13.2. The number of rotatable bonds is 3. The topological polar surface area (TPSA) is 15.3 Å². The Balaban J connectivity index is 1.96. The summed E-state index contributed by atoms with van der Waals surface area (Å²) >= 11 is 0. The fourth-order valence-corrected chi connectivity index (χ4v) is 3.05. The monoisotopic (exact) mass is 338 g/mol. The first-order valence-corrected chi connectivity index (χ1v) is 7.82. The molecular formula is C18H18F4N2. The standard InChI is InChI=1S/C18H18F4N2/c19-16-7-3-14(4-8-16)17(24-11-9-23-10-12-24)13-1-5-15(6-2-13)18(20,21)22/h1-8,17,23H,9-12H2. The molecule has 128 valence electrons. The van der Waals surface area contributed by atoms with E-state index in [1.807, 2.05) is 0 Å². The largest absolute Gasteiger partial charge is 0.416 e. The van der Waals surface area contributed by atoms with Crippen LogP contribution in [0.5, 0.6) is 0 Å². The minimum absolute atomic E-state index is 0.185. The summed E-state index contributed by atoms with van der Waals surface area (Å²) in [5.41, 5.74) is 0.985. The van der Waals surface area contributed by atoms with Crippen molar-refractivity contribution in [3.05, 3.63) is 71.0 Å². The van der Waals surface area contributed by atoms with Crippen molar-refractivity contribution >= 4 is 0 Å². The molecule has 2 aromatic rings. The molecule has 1 saturated heterocycles. The third-order valence-corrected chi connectivity index (χ3v) is 4.26. The molecule has 24 heavy (non-hydrogen) atoms. The third kappa shape index (κ3) is 3.76. The van der Waals surface area contributed by atoms with E-state index in [2.05, 4.69) is 10.2 Å². The minimum Gasteiger partial charge on any atom is -0.314 e. The van der Waals surface area contributed by atoms with Gasteiger partial charge in [-0.3, -0.25) is 4.90 Å². The van der Waals surface area contributed by atoms with Crippen molar-refractivity contribution in [2.45, 2.75) is 12.2 Å². The van der Waals surface area contributed by atoms with Gasteiger partial charge in [-0.15, -0.1) is 0 Å². The second-order valence-corrected chi connectivity index (χ2v) is 5.86. The number of nitrogens with one attached hydrogen (secondary N) is 1. The van der Waals surface area contributed by atoms with Crippen LogP contribution in [-0.4, -0.2) is 31.1 Å². The fraction of sp³-hybridized carbons (Fsp3) is 0.333. The fourth-order valence-electron chi connectivity index (χ4n) is 3.05. The van der Waals surface area contributed by atoms with Crippen LogP contribution in [0.25, 0.3) is 0 Å². The van der Waals surface area contributed by atoms with E-state index in [1.165, 1.54) is 24.3 Å². The molecule has 0 spiro atoms. The number of nitrogens with zero attached hydrogens (tertiary/aromatic N) is 1. The Bertz CT molecular complexity index is 659. The van der Waals surface area contributed by atoms with Gasteiger partial charge >= 0.3 is 6.18 Å². The van der Waals surface area contributed by atoms with Gasteiger partial charge in [-0.05, 0) is 35.4 Å². The Labute approximate surface area is 138 Å². The highest BCUT2D eigenvalue weighted by molar-refractivity contribution is 5.34. The van der Waals surface area contributed by atoms with E-state index in [1.54, 1.807) is 12.1 Å². The molecule has 2 nitrogen and oxygen atoms in total. The Morgan fingerprint density at radius 3 is 1.83 bits per heavy atom. The predicted octanol–water partition coefficient (Wildman–Crippen LogP) is 3.84. The molecule has 0 aromatic heterocycles. The van der Waals surface area contributed by atoms with E-state index >= 15 is 0 Å². The summed E-state index contributed by atoms with van der Waals surface area (Å²) in [5.74, 6) is -0.328. The lowest BCUT2D eigenvalue weighted by atomic mass is 9.95. The average molecular weight is 338 g/mol. The second kappa shape index (κ2) is 6.91. The molecule has 2 aromatic carbocycles. The molecule has 0 radical (unpaired) electrons. The lowest BCUT2D eigenvalue weighted by molar-refractivity contribution is -0.137. The van der Waals surface area contributed by atoms with Crippen molar-refractivity contribution in [1.82, 2.24) is 10.2 Å². The van der Waals surface area contributed by atoms with Gasteiger partial charge in [0, 0.05) is 26.2 Å². The van der Waals surface area contributed by atoms with Crippen LogP contribution in [0.4, 0.5) is 17.6 Å². The van der Waals surface area contributed by atoms with Crippen LogP contribution < -0.4 is 5.32 Å². The van der Waals surface area contributed by atoms with Crippen molar-refractivity contribution in [3.8, 4) is 0 Å². The van der Waals surface area contributed by atoms with Crippen molar-refractivity contribution in [3.63, 3.8) is 0 Å². The van der Waals surface area contributed by atoms with Crippen LogP contribution in [-0.2, 0) is 6.18 Å². The van der Waals surface area contributed by atoms with Crippen LogP contribution in [0, 0.1) is 5.82 Å². The first-order valence-electron chi connectivity index (χ1n) is 7.82. The summed E-state index contributed by atoms with van der Waals surface area (Å²) in [6, 6.07) is 11.2. The highest BCUT2D eigenvalue weighted by Crippen LogP contribution is 2.33. The number of alkyl halides is 3. The number of piperazine rings is 1. The van der Waals surface area contributed by atoms with Crippen LogP contribution in [0.2, 0.25) is 0 Å². The van der Waals surface area contributed by atoms with Gasteiger partial charge in [0.1, 0.15) is 5.82 Å². The van der Waals surface area contributed by atoms with E-state index in [0.717, 1.165) is 49.4 Å². The molecule has 6 heteroatoms. The van der Waals surface area contributed by atoms with Crippen LogP contribution in [0.1, 0.15) is 22.7 Å². The second-order valence-electron chi connectivity index (χ2n) is 5.86. The first-order chi connectivity index (χ1) is 11.4. The normalized spacial score (nSPS) is 17.7. The Hall–Kier alpha value is -1.92. The van der Waals surface area contributed by atoms with Crippen molar-refractivity contribution < 1.29 is 17.6 Å².